The number of nitrogens with zero attached hydrogens (tertiary/aromatic N) is 2. The average Bonchev–Trinajstić information content (AvgIpc) is 3.37. The first-order chi connectivity index (χ1) is 20.6. The maximum absolute atomic E-state index is 6.67. The Morgan fingerprint density at radius 3 is 2.12 bits per heavy atom. The fourth-order valence-corrected chi connectivity index (χ4v) is 7.13. The minimum Gasteiger partial charge on any atom is -0.453 e. The molecular weight excluding hydrogens is 512 g/mol. The van der Waals surface area contributed by atoms with Crippen LogP contribution in [0.4, 0.5) is 17.1 Å². The molecule has 42 heavy (non-hydrogen) atoms. The van der Waals surface area contributed by atoms with E-state index in [1.54, 1.807) is 0 Å². The van der Waals surface area contributed by atoms with E-state index in [2.05, 4.69) is 151 Å². The minimum absolute atomic E-state index is 0.198. The lowest BCUT2D eigenvalue weighted by Crippen LogP contribution is -2.32. The fraction of sp³-hybridized carbons (Fsp3) is 0.0769. The number of benzene rings is 6. The molecule has 0 bridgehead atoms. The van der Waals surface area contributed by atoms with Crippen LogP contribution in [0, 0.1) is 0 Å². The van der Waals surface area contributed by atoms with Gasteiger partial charge in [0.1, 0.15) is 0 Å². The van der Waals surface area contributed by atoms with Gasteiger partial charge in [-0.2, -0.15) is 0 Å². The summed E-state index contributed by atoms with van der Waals surface area (Å²) in [6.45, 7) is 4.67. The molecule has 0 saturated heterocycles. The average molecular weight is 541 g/mol. The van der Waals surface area contributed by atoms with Gasteiger partial charge < -0.3 is 14.2 Å². The molecule has 7 aromatic rings. The van der Waals surface area contributed by atoms with E-state index in [0.29, 0.717) is 0 Å². The van der Waals surface area contributed by atoms with Crippen LogP contribution in [0.5, 0.6) is 11.5 Å². The molecule has 3 heterocycles. The summed E-state index contributed by atoms with van der Waals surface area (Å²) in [4.78, 5) is 2.39. The van der Waals surface area contributed by atoms with Crippen LogP contribution in [0.25, 0.3) is 38.6 Å². The Morgan fingerprint density at radius 1 is 0.524 bits per heavy atom. The number of hydrogen-bond donors (Lipinski definition) is 0. The fourth-order valence-electron chi connectivity index (χ4n) is 7.13. The molecule has 0 N–H and O–H groups in total. The van der Waals surface area contributed by atoms with Gasteiger partial charge in [0.15, 0.2) is 11.5 Å². The van der Waals surface area contributed by atoms with E-state index in [0.717, 1.165) is 28.4 Å². The molecule has 3 nitrogen and oxygen atoms in total. The molecule has 0 radical (unpaired) electrons. The van der Waals surface area contributed by atoms with Crippen LogP contribution in [0.1, 0.15) is 25.0 Å². The predicted octanol–water partition coefficient (Wildman–Crippen LogP) is 10.7. The summed E-state index contributed by atoms with van der Waals surface area (Å²) < 4.78 is 9.03. The van der Waals surface area contributed by atoms with Crippen LogP contribution in [-0.2, 0) is 5.41 Å². The maximum atomic E-state index is 6.67. The summed E-state index contributed by atoms with van der Waals surface area (Å²) >= 11 is 0. The van der Waals surface area contributed by atoms with Crippen molar-refractivity contribution in [3.63, 3.8) is 0 Å². The number of ether oxygens (including phenoxy) is 1. The molecule has 0 unspecified atom stereocenters. The molecule has 0 saturated carbocycles. The molecule has 0 spiro atoms. The highest BCUT2D eigenvalue weighted by Gasteiger charge is 2.41. The molecule has 6 aromatic carbocycles. The summed E-state index contributed by atoms with van der Waals surface area (Å²) in [6, 6.07) is 48.0. The van der Waals surface area contributed by atoms with Crippen LogP contribution in [-0.4, -0.2) is 4.57 Å². The summed E-state index contributed by atoms with van der Waals surface area (Å²) in [5.41, 5.74) is 11.8. The first-order valence-corrected chi connectivity index (χ1v) is 14.5. The van der Waals surface area contributed by atoms with Crippen molar-refractivity contribution in [1.82, 2.24) is 4.57 Å². The number of fused-ring (bicyclic) bond motifs is 7. The standard InChI is InChI=1S/C39H28N2O/c1-39(2)30-15-7-9-17-34(30)41-35-18-10-11-19-36(35)42-37-24-26(23-31(39)38(37)41)25-20-21-33-29(22-25)28-14-6-8-16-32(28)40(33)27-12-4-3-5-13-27/h3-24H,1-2H3. The quantitative estimate of drug-likeness (QED) is 0.217. The minimum atomic E-state index is -0.198. The number of aromatic nitrogens is 1. The van der Waals surface area contributed by atoms with Crippen molar-refractivity contribution in [2.24, 2.45) is 0 Å². The zero-order valence-electron chi connectivity index (χ0n) is 23.5. The lowest BCUT2D eigenvalue weighted by Gasteiger charge is -2.45. The van der Waals surface area contributed by atoms with Gasteiger partial charge >= 0.3 is 0 Å². The van der Waals surface area contributed by atoms with Crippen molar-refractivity contribution in [2.75, 3.05) is 4.90 Å². The van der Waals surface area contributed by atoms with Crippen molar-refractivity contribution < 1.29 is 4.74 Å². The Hall–Kier alpha value is -5.28. The number of para-hydroxylation sites is 5. The zero-order chi connectivity index (χ0) is 28.0. The van der Waals surface area contributed by atoms with Crippen molar-refractivity contribution in [2.45, 2.75) is 19.3 Å². The lowest BCUT2D eigenvalue weighted by atomic mass is 9.72. The topological polar surface area (TPSA) is 17.4 Å². The van der Waals surface area contributed by atoms with E-state index in [9.17, 15) is 0 Å². The Labute approximate surface area is 244 Å². The van der Waals surface area contributed by atoms with Gasteiger partial charge in [-0.25, -0.2) is 0 Å². The Bertz CT molecular complexity index is 2210. The van der Waals surface area contributed by atoms with Gasteiger partial charge in [0, 0.05) is 21.9 Å². The SMILES string of the molecule is CC1(C)c2ccccc2N2c3ccccc3Oc3cc(-c4ccc5c(c4)c4ccccc4n5-c4ccccc4)cc1c32. The van der Waals surface area contributed by atoms with Gasteiger partial charge in [-0.1, -0.05) is 86.6 Å². The first kappa shape index (κ1) is 23.4. The highest BCUT2D eigenvalue weighted by molar-refractivity contribution is 6.10. The van der Waals surface area contributed by atoms with Crippen LogP contribution in [0.15, 0.2) is 133 Å². The molecule has 1 aromatic heterocycles. The highest BCUT2D eigenvalue weighted by Crippen LogP contribution is 2.60. The van der Waals surface area contributed by atoms with Gasteiger partial charge in [0.2, 0.25) is 0 Å². The van der Waals surface area contributed by atoms with Gasteiger partial charge in [-0.15, -0.1) is 0 Å². The van der Waals surface area contributed by atoms with Crippen molar-refractivity contribution in [1.29, 1.82) is 0 Å². The van der Waals surface area contributed by atoms with Crippen molar-refractivity contribution in [3.8, 4) is 28.3 Å². The van der Waals surface area contributed by atoms with Crippen LogP contribution in [0.3, 0.4) is 0 Å². The Kier molecular flexibility index (Phi) is 4.67. The van der Waals surface area contributed by atoms with Crippen LogP contribution < -0.4 is 9.64 Å². The highest BCUT2D eigenvalue weighted by atomic mass is 16.5. The molecule has 0 aliphatic carbocycles. The van der Waals surface area contributed by atoms with E-state index < -0.39 is 0 Å². The molecule has 9 rings (SSSR count). The maximum Gasteiger partial charge on any atom is 0.152 e. The molecule has 2 aliphatic heterocycles. The summed E-state index contributed by atoms with van der Waals surface area (Å²) in [5.74, 6) is 1.78. The number of anilines is 3. The van der Waals surface area contributed by atoms with Crippen molar-refractivity contribution >= 4 is 38.9 Å². The second-order valence-corrected chi connectivity index (χ2v) is 11.8. The van der Waals surface area contributed by atoms with Gasteiger partial charge in [0.05, 0.1) is 28.1 Å². The number of rotatable bonds is 2. The van der Waals surface area contributed by atoms with E-state index in [1.165, 1.54) is 49.9 Å². The molecule has 0 atom stereocenters. The second-order valence-electron chi connectivity index (χ2n) is 11.8. The van der Waals surface area contributed by atoms with Crippen LogP contribution in [0.2, 0.25) is 0 Å². The van der Waals surface area contributed by atoms with E-state index in [4.69, 9.17) is 4.74 Å². The van der Waals surface area contributed by atoms with Gasteiger partial charge in [0.25, 0.3) is 0 Å². The monoisotopic (exact) mass is 540 g/mol. The second kappa shape index (κ2) is 8.37. The largest absolute Gasteiger partial charge is 0.453 e. The third kappa shape index (κ3) is 3.11. The predicted molar refractivity (Wildman–Crippen MR) is 173 cm³/mol. The van der Waals surface area contributed by atoms with Crippen LogP contribution >= 0.6 is 0 Å². The first-order valence-electron chi connectivity index (χ1n) is 14.5. The molecule has 2 aliphatic rings. The number of hydrogen-bond acceptors (Lipinski definition) is 2. The molecular formula is C39H28N2O. The molecule has 200 valence electrons. The third-order valence-electron chi connectivity index (χ3n) is 9.14. The molecule has 0 amide bonds. The van der Waals surface area contributed by atoms with E-state index in [-0.39, 0.29) is 5.41 Å². The zero-order valence-corrected chi connectivity index (χ0v) is 23.5. The third-order valence-corrected chi connectivity index (χ3v) is 9.14. The normalized spacial score (nSPS) is 14.3. The van der Waals surface area contributed by atoms with Gasteiger partial charge in [-0.3, -0.25) is 0 Å². The summed E-state index contributed by atoms with van der Waals surface area (Å²) in [7, 11) is 0. The van der Waals surface area contributed by atoms with Crippen molar-refractivity contribution in [3.05, 3.63) is 145 Å². The smallest absolute Gasteiger partial charge is 0.152 e. The van der Waals surface area contributed by atoms with E-state index >= 15 is 0 Å². The molecule has 0 fully saturated rings. The lowest BCUT2D eigenvalue weighted by molar-refractivity contribution is 0.471. The Balaban J connectivity index is 1.30. The Morgan fingerprint density at radius 2 is 1.24 bits per heavy atom. The van der Waals surface area contributed by atoms with Gasteiger partial charge in [-0.05, 0) is 82.9 Å². The summed E-state index contributed by atoms with van der Waals surface area (Å²) in [5, 5.41) is 2.50. The summed E-state index contributed by atoms with van der Waals surface area (Å²) in [6.07, 6.45) is 0. The van der Waals surface area contributed by atoms with E-state index in [1.807, 2.05) is 6.07 Å². The molecule has 3 heteroatoms.